The molecule has 0 radical (unpaired) electrons. The fourth-order valence-electron chi connectivity index (χ4n) is 2.74. The highest BCUT2D eigenvalue weighted by Crippen LogP contribution is 2.12. The van der Waals surface area contributed by atoms with Crippen LogP contribution in [0.3, 0.4) is 0 Å². The van der Waals surface area contributed by atoms with Crippen LogP contribution in [-0.4, -0.2) is 27.9 Å². The van der Waals surface area contributed by atoms with E-state index in [1.54, 1.807) is 0 Å². The lowest BCUT2D eigenvalue weighted by Gasteiger charge is -2.03. The van der Waals surface area contributed by atoms with Crippen LogP contribution in [0.5, 0.6) is 0 Å². The van der Waals surface area contributed by atoms with Gasteiger partial charge >= 0.3 is 11.9 Å². The Morgan fingerprint density at radius 3 is 0.958 bits per heavy atom. The number of carboxylic acid groups (broad SMARTS) is 2. The van der Waals surface area contributed by atoms with E-state index in [0.717, 1.165) is 64.2 Å². The molecule has 0 amide bonds. The van der Waals surface area contributed by atoms with E-state index in [1.165, 1.54) is 6.42 Å². The third-order valence-corrected chi connectivity index (χ3v) is 4.19. The zero-order chi connectivity index (χ0) is 18.0. The van der Waals surface area contributed by atoms with Gasteiger partial charge in [-0.1, -0.05) is 51.4 Å². The number of carbonyl (C=O) groups is 3. The number of ketones is 1. The van der Waals surface area contributed by atoms with Crippen molar-refractivity contribution in [1.29, 1.82) is 0 Å². The first-order chi connectivity index (χ1) is 11.5. The summed E-state index contributed by atoms with van der Waals surface area (Å²) in [7, 11) is 0. The van der Waals surface area contributed by atoms with Crippen molar-refractivity contribution in [1.82, 2.24) is 0 Å². The van der Waals surface area contributed by atoms with Crippen LogP contribution in [-0.2, 0) is 14.4 Å². The van der Waals surface area contributed by atoms with E-state index in [2.05, 4.69) is 0 Å². The maximum absolute atomic E-state index is 11.7. The highest BCUT2D eigenvalue weighted by atomic mass is 16.4. The van der Waals surface area contributed by atoms with E-state index in [-0.39, 0.29) is 12.8 Å². The van der Waals surface area contributed by atoms with Crippen LogP contribution in [0, 0.1) is 0 Å². The molecule has 0 aromatic carbocycles. The highest BCUT2D eigenvalue weighted by molar-refractivity contribution is 5.78. The second-order valence-electron chi connectivity index (χ2n) is 6.57. The van der Waals surface area contributed by atoms with Gasteiger partial charge in [-0.2, -0.15) is 0 Å². The maximum atomic E-state index is 11.7. The summed E-state index contributed by atoms with van der Waals surface area (Å²) in [5.74, 6) is -1.12. The van der Waals surface area contributed by atoms with E-state index < -0.39 is 11.9 Å². The number of Topliss-reactive ketones (excluding diaryl/α,β-unsaturated/α-hetero) is 1. The van der Waals surface area contributed by atoms with E-state index in [0.29, 0.717) is 25.0 Å². The molecule has 2 N–H and O–H groups in total. The first-order valence-corrected chi connectivity index (χ1v) is 9.47. The Kier molecular flexibility index (Phi) is 15.5. The molecule has 0 unspecified atom stereocenters. The fourth-order valence-corrected chi connectivity index (χ4v) is 2.74. The topological polar surface area (TPSA) is 91.7 Å². The average Bonchev–Trinajstić information content (AvgIpc) is 2.52. The minimum Gasteiger partial charge on any atom is -0.481 e. The van der Waals surface area contributed by atoms with Gasteiger partial charge in [0.15, 0.2) is 0 Å². The molecule has 0 rings (SSSR count). The Labute approximate surface area is 145 Å². The summed E-state index contributed by atoms with van der Waals surface area (Å²) in [6.45, 7) is 0. The Morgan fingerprint density at radius 1 is 0.417 bits per heavy atom. The zero-order valence-corrected chi connectivity index (χ0v) is 14.9. The van der Waals surface area contributed by atoms with Crippen molar-refractivity contribution in [3.8, 4) is 0 Å². The van der Waals surface area contributed by atoms with Gasteiger partial charge in [0.25, 0.3) is 0 Å². The number of unbranched alkanes of at least 4 members (excludes halogenated alkanes) is 10. The van der Waals surface area contributed by atoms with Gasteiger partial charge < -0.3 is 10.2 Å². The third kappa shape index (κ3) is 18.7. The molecular formula is C19H34O5. The molecule has 5 heteroatoms. The Balaban J connectivity index is 3.20. The smallest absolute Gasteiger partial charge is 0.303 e. The fraction of sp³-hybridized carbons (Fsp3) is 0.842. The molecule has 0 fully saturated rings. The minimum absolute atomic E-state index is 0.230. The molecule has 0 spiro atoms. The molecule has 0 aromatic rings. The lowest BCUT2D eigenvalue weighted by atomic mass is 10.0. The molecule has 140 valence electrons. The molecule has 0 aliphatic heterocycles. The van der Waals surface area contributed by atoms with Crippen molar-refractivity contribution in [3.63, 3.8) is 0 Å². The summed E-state index contributed by atoms with van der Waals surface area (Å²) >= 11 is 0. The highest BCUT2D eigenvalue weighted by Gasteiger charge is 2.03. The first-order valence-electron chi connectivity index (χ1n) is 9.47. The van der Waals surface area contributed by atoms with E-state index in [9.17, 15) is 14.4 Å². The molecule has 0 bridgehead atoms. The second-order valence-corrected chi connectivity index (χ2v) is 6.57. The molecule has 0 aromatic heterocycles. The lowest BCUT2D eigenvalue weighted by Crippen LogP contribution is -1.98. The zero-order valence-electron chi connectivity index (χ0n) is 14.9. The molecule has 0 aliphatic carbocycles. The van der Waals surface area contributed by atoms with Gasteiger partial charge in [0.1, 0.15) is 5.78 Å². The van der Waals surface area contributed by atoms with Gasteiger partial charge in [0.2, 0.25) is 0 Å². The Hall–Kier alpha value is -1.39. The predicted molar refractivity (Wildman–Crippen MR) is 94.2 cm³/mol. The maximum Gasteiger partial charge on any atom is 0.303 e. The van der Waals surface area contributed by atoms with E-state index >= 15 is 0 Å². The second kappa shape index (κ2) is 16.5. The third-order valence-electron chi connectivity index (χ3n) is 4.19. The van der Waals surface area contributed by atoms with Gasteiger partial charge in [0.05, 0.1) is 0 Å². The normalized spacial score (nSPS) is 10.7. The number of aliphatic carboxylic acids is 2. The number of carbonyl (C=O) groups excluding carboxylic acids is 1. The number of hydrogen-bond acceptors (Lipinski definition) is 3. The lowest BCUT2D eigenvalue weighted by molar-refractivity contribution is -0.138. The Morgan fingerprint density at radius 2 is 0.667 bits per heavy atom. The minimum atomic E-state index is -0.744. The van der Waals surface area contributed by atoms with Gasteiger partial charge in [-0.3, -0.25) is 14.4 Å². The quantitative estimate of drug-likeness (QED) is 0.343. The van der Waals surface area contributed by atoms with E-state index in [4.69, 9.17) is 10.2 Å². The van der Waals surface area contributed by atoms with E-state index in [1.807, 2.05) is 0 Å². The van der Waals surface area contributed by atoms with Crippen LogP contribution in [0.2, 0.25) is 0 Å². The standard InChI is InChI=1S/C19H34O5/c20-17(14-10-7-8-12-16-19(23)24)13-9-5-3-1-2-4-6-11-15-18(21)22/h1-16H2,(H,21,22)(H,23,24). The van der Waals surface area contributed by atoms with Crippen molar-refractivity contribution in [2.24, 2.45) is 0 Å². The monoisotopic (exact) mass is 342 g/mol. The number of carboxylic acids is 2. The van der Waals surface area contributed by atoms with Crippen LogP contribution >= 0.6 is 0 Å². The van der Waals surface area contributed by atoms with Crippen molar-refractivity contribution < 1.29 is 24.6 Å². The molecule has 0 saturated heterocycles. The molecule has 0 atom stereocenters. The van der Waals surface area contributed by atoms with Crippen LogP contribution < -0.4 is 0 Å². The SMILES string of the molecule is O=C(O)CCCCCCCCCCC(=O)CCCCCCC(=O)O. The van der Waals surface area contributed by atoms with Crippen molar-refractivity contribution in [2.75, 3.05) is 0 Å². The van der Waals surface area contributed by atoms with Crippen molar-refractivity contribution >= 4 is 17.7 Å². The van der Waals surface area contributed by atoms with Gasteiger partial charge in [-0.25, -0.2) is 0 Å². The van der Waals surface area contributed by atoms with Crippen molar-refractivity contribution in [3.05, 3.63) is 0 Å². The molecule has 24 heavy (non-hydrogen) atoms. The van der Waals surface area contributed by atoms with Crippen LogP contribution in [0.25, 0.3) is 0 Å². The van der Waals surface area contributed by atoms with Crippen LogP contribution in [0.4, 0.5) is 0 Å². The summed E-state index contributed by atoms with van der Waals surface area (Å²) < 4.78 is 0. The Bertz CT molecular complexity index is 352. The number of rotatable bonds is 18. The van der Waals surface area contributed by atoms with Gasteiger partial charge in [0, 0.05) is 25.7 Å². The van der Waals surface area contributed by atoms with Gasteiger partial charge in [-0.05, 0) is 25.7 Å². The first kappa shape index (κ1) is 22.6. The summed E-state index contributed by atoms with van der Waals surface area (Å²) in [6, 6.07) is 0. The summed E-state index contributed by atoms with van der Waals surface area (Å²) in [4.78, 5) is 32.4. The van der Waals surface area contributed by atoms with Crippen LogP contribution in [0.15, 0.2) is 0 Å². The summed E-state index contributed by atoms with van der Waals surface area (Å²) in [6.07, 6.45) is 13.7. The molecule has 0 aliphatic rings. The molecular weight excluding hydrogens is 308 g/mol. The predicted octanol–water partition coefficient (Wildman–Crippen LogP) is 4.97. The molecule has 0 heterocycles. The molecule has 5 nitrogen and oxygen atoms in total. The van der Waals surface area contributed by atoms with Crippen LogP contribution in [0.1, 0.15) is 103 Å². The largest absolute Gasteiger partial charge is 0.481 e. The molecule has 0 saturated carbocycles. The average molecular weight is 342 g/mol. The summed E-state index contributed by atoms with van der Waals surface area (Å²) in [5.41, 5.74) is 0. The van der Waals surface area contributed by atoms with Gasteiger partial charge in [-0.15, -0.1) is 0 Å². The summed E-state index contributed by atoms with van der Waals surface area (Å²) in [5, 5.41) is 17.0. The van der Waals surface area contributed by atoms with Crippen molar-refractivity contribution in [2.45, 2.75) is 103 Å². The number of hydrogen-bond donors (Lipinski definition) is 2.